The van der Waals surface area contributed by atoms with Crippen molar-refractivity contribution < 1.29 is 0 Å². The van der Waals surface area contributed by atoms with Gasteiger partial charge in [0.15, 0.2) is 0 Å². The molecule has 134 valence electrons. The fourth-order valence-electron chi connectivity index (χ4n) is 3.52. The maximum Gasteiger partial charge on any atom is 0.128 e. The minimum atomic E-state index is 0.397. The number of hydrogen-bond donors (Lipinski definition) is 0. The predicted molar refractivity (Wildman–Crippen MR) is 110 cm³/mol. The van der Waals surface area contributed by atoms with Crippen molar-refractivity contribution in [3.05, 3.63) is 48.7 Å². The number of fused-ring (bicyclic) bond motifs is 1. The largest absolute Gasteiger partial charge is 0.370 e. The Kier molecular flexibility index (Phi) is 4.49. The standard InChI is InChI=1S/C22H26N4/c1-16(2)25(3)20-14-17-8-4-5-9-19(17)24-22(20)18-10-11-21(23-15-18)26-12-6-7-13-26/h4-5,8-11,14-16H,6-7,12-13H2,1-3H3. The van der Waals surface area contributed by atoms with E-state index in [0.717, 1.165) is 41.4 Å². The number of hydrogen-bond acceptors (Lipinski definition) is 4. The lowest BCUT2D eigenvalue weighted by atomic mass is 10.1. The van der Waals surface area contributed by atoms with Crippen LogP contribution in [0.4, 0.5) is 11.5 Å². The molecule has 3 aromatic rings. The molecule has 0 unspecified atom stereocenters. The van der Waals surface area contributed by atoms with Crippen molar-refractivity contribution >= 4 is 22.4 Å². The molecule has 0 radical (unpaired) electrons. The third-order valence-corrected chi connectivity index (χ3v) is 5.31. The van der Waals surface area contributed by atoms with Gasteiger partial charge in [-0.25, -0.2) is 9.97 Å². The topological polar surface area (TPSA) is 32.3 Å². The molecule has 26 heavy (non-hydrogen) atoms. The lowest BCUT2D eigenvalue weighted by Gasteiger charge is -2.26. The highest BCUT2D eigenvalue weighted by Crippen LogP contribution is 2.33. The molecule has 1 fully saturated rings. The normalized spacial score (nSPS) is 14.4. The first-order chi connectivity index (χ1) is 12.6. The summed E-state index contributed by atoms with van der Waals surface area (Å²) in [4.78, 5) is 14.4. The van der Waals surface area contributed by atoms with E-state index in [9.17, 15) is 0 Å². The zero-order chi connectivity index (χ0) is 18.1. The third kappa shape index (κ3) is 3.12. The molecule has 0 N–H and O–H groups in total. The molecule has 1 aromatic carbocycles. The van der Waals surface area contributed by atoms with Gasteiger partial charge in [0.1, 0.15) is 5.82 Å². The van der Waals surface area contributed by atoms with E-state index in [0.29, 0.717) is 6.04 Å². The lowest BCUT2D eigenvalue weighted by molar-refractivity contribution is 0.754. The van der Waals surface area contributed by atoms with Gasteiger partial charge in [-0.3, -0.25) is 0 Å². The van der Waals surface area contributed by atoms with E-state index in [4.69, 9.17) is 9.97 Å². The molecule has 1 aliphatic heterocycles. The van der Waals surface area contributed by atoms with Crippen LogP contribution in [0.1, 0.15) is 26.7 Å². The highest BCUT2D eigenvalue weighted by molar-refractivity contribution is 5.89. The van der Waals surface area contributed by atoms with Gasteiger partial charge in [-0.15, -0.1) is 0 Å². The number of nitrogens with zero attached hydrogens (tertiary/aromatic N) is 4. The summed E-state index contributed by atoms with van der Waals surface area (Å²) in [6.45, 7) is 6.63. The molecule has 3 heterocycles. The highest BCUT2D eigenvalue weighted by Gasteiger charge is 2.17. The van der Waals surface area contributed by atoms with Gasteiger partial charge in [0, 0.05) is 43.3 Å². The first-order valence-corrected chi connectivity index (χ1v) is 9.47. The molecule has 0 bridgehead atoms. The van der Waals surface area contributed by atoms with Gasteiger partial charge < -0.3 is 9.80 Å². The fourth-order valence-corrected chi connectivity index (χ4v) is 3.52. The van der Waals surface area contributed by atoms with Crippen molar-refractivity contribution in [2.75, 3.05) is 29.9 Å². The molecular weight excluding hydrogens is 320 g/mol. The van der Waals surface area contributed by atoms with Gasteiger partial charge in [0.25, 0.3) is 0 Å². The van der Waals surface area contributed by atoms with Crippen molar-refractivity contribution in [2.24, 2.45) is 0 Å². The van der Waals surface area contributed by atoms with E-state index in [1.165, 1.54) is 18.2 Å². The fraction of sp³-hybridized carbons (Fsp3) is 0.364. The summed E-state index contributed by atoms with van der Waals surface area (Å²) in [7, 11) is 2.13. The molecule has 0 amide bonds. The summed E-state index contributed by atoms with van der Waals surface area (Å²) in [6, 6.07) is 15.2. The molecule has 4 rings (SSSR count). The molecule has 2 aromatic heterocycles. The summed E-state index contributed by atoms with van der Waals surface area (Å²) < 4.78 is 0. The van der Waals surface area contributed by atoms with Gasteiger partial charge in [0.05, 0.1) is 16.9 Å². The van der Waals surface area contributed by atoms with Crippen LogP contribution in [0.3, 0.4) is 0 Å². The van der Waals surface area contributed by atoms with Crippen LogP contribution >= 0.6 is 0 Å². The van der Waals surface area contributed by atoms with Crippen LogP contribution < -0.4 is 9.80 Å². The minimum absolute atomic E-state index is 0.397. The number of anilines is 2. The maximum absolute atomic E-state index is 4.98. The minimum Gasteiger partial charge on any atom is -0.370 e. The second-order valence-corrected chi connectivity index (χ2v) is 7.35. The van der Waals surface area contributed by atoms with Crippen molar-refractivity contribution in [2.45, 2.75) is 32.7 Å². The Morgan fingerprint density at radius 1 is 1.04 bits per heavy atom. The Bertz CT molecular complexity index is 896. The van der Waals surface area contributed by atoms with E-state index in [1.807, 2.05) is 12.3 Å². The Morgan fingerprint density at radius 3 is 2.50 bits per heavy atom. The number of aromatic nitrogens is 2. The van der Waals surface area contributed by atoms with Gasteiger partial charge in [-0.1, -0.05) is 18.2 Å². The van der Waals surface area contributed by atoms with Gasteiger partial charge >= 0.3 is 0 Å². The van der Waals surface area contributed by atoms with E-state index in [2.05, 4.69) is 67.1 Å². The number of para-hydroxylation sites is 1. The van der Waals surface area contributed by atoms with Crippen LogP contribution in [0, 0.1) is 0 Å². The van der Waals surface area contributed by atoms with Crippen molar-refractivity contribution in [1.29, 1.82) is 0 Å². The van der Waals surface area contributed by atoms with E-state index >= 15 is 0 Å². The first kappa shape index (κ1) is 16.8. The van der Waals surface area contributed by atoms with Gasteiger partial charge in [-0.2, -0.15) is 0 Å². The highest BCUT2D eigenvalue weighted by atomic mass is 15.2. The van der Waals surface area contributed by atoms with Crippen LogP contribution in [0.5, 0.6) is 0 Å². The Morgan fingerprint density at radius 2 is 1.81 bits per heavy atom. The van der Waals surface area contributed by atoms with Crippen LogP contribution in [-0.2, 0) is 0 Å². The quantitative estimate of drug-likeness (QED) is 0.683. The summed E-state index contributed by atoms with van der Waals surface area (Å²) >= 11 is 0. The maximum atomic E-state index is 4.98. The van der Waals surface area contributed by atoms with Crippen LogP contribution in [0.2, 0.25) is 0 Å². The zero-order valence-corrected chi connectivity index (χ0v) is 15.8. The monoisotopic (exact) mass is 346 g/mol. The predicted octanol–water partition coefficient (Wildman–Crippen LogP) is 4.74. The van der Waals surface area contributed by atoms with Crippen LogP contribution in [0.15, 0.2) is 48.7 Å². The average Bonchev–Trinajstić information content (AvgIpc) is 3.21. The van der Waals surface area contributed by atoms with Crippen molar-refractivity contribution in [1.82, 2.24) is 9.97 Å². The Balaban J connectivity index is 1.79. The summed E-state index contributed by atoms with van der Waals surface area (Å²) in [5, 5.41) is 1.17. The second kappa shape index (κ2) is 6.94. The van der Waals surface area contributed by atoms with Crippen LogP contribution in [0.25, 0.3) is 22.2 Å². The second-order valence-electron chi connectivity index (χ2n) is 7.35. The van der Waals surface area contributed by atoms with Crippen LogP contribution in [-0.4, -0.2) is 36.1 Å². The third-order valence-electron chi connectivity index (χ3n) is 5.31. The Labute approximate surface area is 155 Å². The molecule has 1 saturated heterocycles. The molecule has 1 aliphatic rings. The van der Waals surface area contributed by atoms with E-state index in [1.54, 1.807) is 0 Å². The molecule has 0 saturated carbocycles. The molecule has 0 atom stereocenters. The average molecular weight is 346 g/mol. The molecular formula is C22H26N4. The lowest BCUT2D eigenvalue weighted by Crippen LogP contribution is -2.26. The SMILES string of the molecule is CC(C)N(C)c1cc2ccccc2nc1-c1ccc(N2CCCC2)nc1. The van der Waals surface area contributed by atoms with E-state index < -0.39 is 0 Å². The first-order valence-electron chi connectivity index (χ1n) is 9.47. The Hall–Kier alpha value is -2.62. The molecule has 4 nitrogen and oxygen atoms in total. The molecule has 0 aliphatic carbocycles. The van der Waals surface area contributed by atoms with Crippen molar-refractivity contribution in [3.63, 3.8) is 0 Å². The summed E-state index contributed by atoms with van der Waals surface area (Å²) in [5.41, 5.74) is 4.24. The number of pyridine rings is 2. The smallest absolute Gasteiger partial charge is 0.128 e. The summed E-state index contributed by atoms with van der Waals surface area (Å²) in [5.74, 6) is 1.07. The number of rotatable bonds is 4. The molecule has 4 heteroatoms. The van der Waals surface area contributed by atoms with E-state index in [-0.39, 0.29) is 0 Å². The zero-order valence-electron chi connectivity index (χ0n) is 15.8. The van der Waals surface area contributed by atoms with Gasteiger partial charge in [-0.05, 0) is 51.0 Å². The van der Waals surface area contributed by atoms with Gasteiger partial charge in [0.2, 0.25) is 0 Å². The van der Waals surface area contributed by atoms with Crippen molar-refractivity contribution in [3.8, 4) is 11.3 Å². The number of benzene rings is 1. The molecule has 0 spiro atoms. The summed E-state index contributed by atoms with van der Waals surface area (Å²) in [6.07, 6.45) is 4.50.